The smallest absolute Gasteiger partial charge is 0.320 e. The largest absolute Gasteiger partial charge is 0.468 e. The van der Waals surface area contributed by atoms with Crippen LogP contribution in [0.4, 0.5) is 13.2 Å². The molecule has 0 bridgehead atoms. The fourth-order valence-electron chi connectivity index (χ4n) is 2.04. The minimum absolute atomic E-state index is 0.170. The molecule has 1 aromatic carbocycles. The average molecular weight is 335 g/mol. The maximum absolute atomic E-state index is 13.9. The Kier molecular flexibility index (Phi) is 6.05. The van der Waals surface area contributed by atoms with Crippen molar-refractivity contribution in [3.05, 3.63) is 45.3 Å². The highest BCUT2D eigenvalue weighted by molar-refractivity contribution is 5.96. The topological polar surface area (TPSA) is 95.7 Å². The zero-order valence-corrected chi connectivity index (χ0v) is 12.0. The van der Waals surface area contributed by atoms with Crippen LogP contribution in [0.1, 0.15) is 11.5 Å². The second kappa shape index (κ2) is 7.56. The lowest BCUT2D eigenvalue weighted by atomic mass is 9.85. The van der Waals surface area contributed by atoms with Crippen LogP contribution < -0.4 is 0 Å². The molecule has 0 aliphatic carbocycles. The van der Waals surface area contributed by atoms with Gasteiger partial charge in [-0.05, 0) is 6.07 Å². The van der Waals surface area contributed by atoms with E-state index in [-0.39, 0.29) is 6.07 Å². The summed E-state index contributed by atoms with van der Waals surface area (Å²) in [6.07, 6.45) is 0. The van der Waals surface area contributed by atoms with Crippen LogP contribution in [0.2, 0.25) is 0 Å². The number of carbonyl (C=O) groups is 2. The van der Waals surface area contributed by atoms with E-state index in [2.05, 4.69) is 9.47 Å². The van der Waals surface area contributed by atoms with Crippen molar-refractivity contribution < 1.29 is 37.2 Å². The summed E-state index contributed by atoms with van der Waals surface area (Å²) in [6.45, 7) is -1.10. The lowest BCUT2D eigenvalue weighted by molar-refractivity contribution is -0.484. The Morgan fingerprint density at radius 1 is 1.09 bits per heavy atom. The summed E-state index contributed by atoms with van der Waals surface area (Å²) >= 11 is 0. The Morgan fingerprint density at radius 3 is 2.00 bits per heavy atom. The van der Waals surface area contributed by atoms with E-state index in [0.29, 0.717) is 6.07 Å². The van der Waals surface area contributed by atoms with Gasteiger partial charge in [-0.25, -0.2) is 13.2 Å². The first kappa shape index (κ1) is 18.4. The summed E-state index contributed by atoms with van der Waals surface area (Å²) < 4.78 is 49.0. The lowest BCUT2D eigenvalue weighted by Gasteiger charge is -2.21. The Hall–Kier alpha value is -2.65. The molecule has 0 heterocycles. The molecule has 0 N–H and O–H groups in total. The molecular weight excluding hydrogens is 323 g/mol. The van der Waals surface area contributed by atoms with Crippen molar-refractivity contribution in [2.24, 2.45) is 5.92 Å². The van der Waals surface area contributed by atoms with Crippen molar-refractivity contribution in [3.8, 4) is 0 Å². The quantitative estimate of drug-likeness (QED) is 0.256. The highest BCUT2D eigenvalue weighted by atomic mass is 19.2. The summed E-state index contributed by atoms with van der Waals surface area (Å²) in [6, 6.07) is 0.529. The highest BCUT2D eigenvalue weighted by Gasteiger charge is 2.42. The summed E-state index contributed by atoms with van der Waals surface area (Å²) in [4.78, 5) is 33.3. The van der Waals surface area contributed by atoms with Gasteiger partial charge < -0.3 is 9.47 Å². The number of nitrogens with zero attached hydrogens (tertiary/aromatic N) is 1. The molecule has 0 aliphatic rings. The predicted molar refractivity (Wildman–Crippen MR) is 68.4 cm³/mol. The number of ether oxygens (including phenoxy) is 2. The fraction of sp³-hybridized carbons (Fsp3) is 0.385. The van der Waals surface area contributed by atoms with Gasteiger partial charge in [0.2, 0.25) is 6.54 Å². The number of esters is 2. The number of hydrogen-bond acceptors (Lipinski definition) is 6. The molecule has 126 valence electrons. The van der Waals surface area contributed by atoms with E-state index in [1.165, 1.54) is 0 Å². The van der Waals surface area contributed by atoms with Crippen LogP contribution in [-0.4, -0.2) is 37.6 Å². The third-order valence-electron chi connectivity index (χ3n) is 3.10. The van der Waals surface area contributed by atoms with Crippen molar-refractivity contribution in [1.82, 2.24) is 0 Å². The molecule has 7 nitrogen and oxygen atoms in total. The van der Waals surface area contributed by atoms with Crippen LogP contribution >= 0.6 is 0 Å². The molecule has 0 aromatic heterocycles. The number of nitro groups is 1. The number of hydrogen-bond donors (Lipinski definition) is 0. The van der Waals surface area contributed by atoms with Gasteiger partial charge in [0.15, 0.2) is 17.6 Å². The van der Waals surface area contributed by atoms with E-state index in [9.17, 15) is 32.9 Å². The zero-order chi connectivity index (χ0) is 17.7. The van der Waals surface area contributed by atoms with E-state index in [4.69, 9.17) is 0 Å². The Bertz CT molecular complexity index is 620. The third-order valence-corrected chi connectivity index (χ3v) is 3.10. The molecule has 10 heteroatoms. The number of carbonyl (C=O) groups excluding carboxylic acids is 2. The van der Waals surface area contributed by atoms with Crippen molar-refractivity contribution in [3.63, 3.8) is 0 Å². The number of rotatable bonds is 6. The van der Waals surface area contributed by atoms with Crippen LogP contribution in [0.5, 0.6) is 0 Å². The van der Waals surface area contributed by atoms with Gasteiger partial charge in [0.05, 0.1) is 20.1 Å². The van der Waals surface area contributed by atoms with Gasteiger partial charge in [-0.1, -0.05) is 0 Å². The summed E-state index contributed by atoms with van der Waals surface area (Å²) in [5.41, 5.74) is -0.707. The molecule has 0 unspecified atom stereocenters. The predicted octanol–water partition coefficient (Wildman–Crippen LogP) is 1.43. The standard InChI is InChI=1S/C13H12F3NO6/c1-22-12(18)11(13(19)23-2)7(5-17(20)21)6-3-9(15)10(16)4-8(6)14/h3-4,7,11H,5H2,1-2H3/t7-/m0/s1. The molecule has 1 rings (SSSR count). The van der Waals surface area contributed by atoms with Crippen molar-refractivity contribution >= 4 is 11.9 Å². The van der Waals surface area contributed by atoms with E-state index >= 15 is 0 Å². The lowest BCUT2D eigenvalue weighted by Crippen LogP contribution is -2.36. The molecule has 0 radical (unpaired) electrons. The van der Waals surface area contributed by atoms with Crippen LogP contribution in [0, 0.1) is 33.5 Å². The first-order valence-electron chi connectivity index (χ1n) is 6.14. The van der Waals surface area contributed by atoms with E-state index in [0.717, 1.165) is 14.2 Å². The third kappa shape index (κ3) is 4.18. The molecule has 0 aliphatic heterocycles. The van der Waals surface area contributed by atoms with Crippen LogP contribution in [0.25, 0.3) is 0 Å². The van der Waals surface area contributed by atoms with E-state index in [1.807, 2.05) is 0 Å². The molecule has 0 saturated carbocycles. The average Bonchev–Trinajstić information content (AvgIpc) is 2.49. The van der Waals surface area contributed by atoms with Gasteiger partial charge in [-0.3, -0.25) is 19.7 Å². The van der Waals surface area contributed by atoms with Crippen molar-refractivity contribution in [2.45, 2.75) is 5.92 Å². The van der Waals surface area contributed by atoms with E-state index in [1.54, 1.807) is 0 Å². The van der Waals surface area contributed by atoms with Gasteiger partial charge in [0.1, 0.15) is 5.82 Å². The molecule has 0 spiro atoms. The number of methoxy groups -OCH3 is 2. The van der Waals surface area contributed by atoms with Crippen molar-refractivity contribution in [1.29, 1.82) is 0 Å². The monoisotopic (exact) mass is 335 g/mol. The van der Waals surface area contributed by atoms with Crippen molar-refractivity contribution in [2.75, 3.05) is 20.8 Å². The van der Waals surface area contributed by atoms with Gasteiger partial charge in [-0.15, -0.1) is 0 Å². The molecule has 1 aromatic rings. The Labute approximate surface area is 128 Å². The van der Waals surface area contributed by atoms with E-state index < -0.39 is 58.3 Å². The highest BCUT2D eigenvalue weighted by Crippen LogP contribution is 2.30. The maximum Gasteiger partial charge on any atom is 0.320 e. The minimum Gasteiger partial charge on any atom is -0.468 e. The first-order valence-corrected chi connectivity index (χ1v) is 6.14. The Balaban J connectivity index is 3.48. The molecule has 0 fully saturated rings. The first-order chi connectivity index (χ1) is 10.7. The SMILES string of the molecule is COC(=O)C(C(=O)OC)[C@@H](C[N+](=O)[O-])c1cc(F)c(F)cc1F. The molecule has 23 heavy (non-hydrogen) atoms. The van der Waals surface area contributed by atoms with Gasteiger partial charge in [-0.2, -0.15) is 0 Å². The summed E-state index contributed by atoms with van der Waals surface area (Å²) in [5, 5.41) is 10.8. The number of halogens is 3. The van der Waals surface area contributed by atoms with Gasteiger partial charge >= 0.3 is 11.9 Å². The second-order valence-corrected chi connectivity index (χ2v) is 4.43. The minimum atomic E-state index is -1.91. The zero-order valence-electron chi connectivity index (χ0n) is 12.0. The second-order valence-electron chi connectivity index (χ2n) is 4.43. The van der Waals surface area contributed by atoms with Crippen LogP contribution in [-0.2, 0) is 19.1 Å². The Morgan fingerprint density at radius 2 is 1.57 bits per heavy atom. The van der Waals surface area contributed by atoms with Gasteiger partial charge in [0, 0.05) is 16.6 Å². The fourth-order valence-corrected chi connectivity index (χ4v) is 2.04. The van der Waals surface area contributed by atoms with Crippen LogP contribution in [0.15, 0.2) is 12.1 Å². The normalized spacial score (nSPS) is 11.9. The molecule has 1 atom stereocenters. The summed E-state index contributed by atoms with van der Waals surface area (Å²) in [7, 11) is 1.81. The van der Waals surface area contributed by atoms with Gasteiger partial charge in [0.25, 0.3) is 0 Å². The van der Waals surface area contributed by atoms with Crippen LogP contribution in [0.3, 0.4) is 0 Å². The summed E-state index contributed by atoms with van der Waals surface area (Å²) in [5.74, 6) is -10.4. The molecule has 0 amide bonds. The maximum atomic E-state index is 13.9. The number of benzene rings is 1. The molecule has 0 saturated heterocycles. The molecular formula is C13H12F3NO6.